The summed E-state index contributed by atoms with van der Waals surface area (Å²) in [5.41, 5.74) is 0.504. The van der Waals surface area contributed by atoms with Gasteiger partial charge in [0, 0.05) is 0 Å². The predicted octanol–water partition coefficient (Wildman–Crippen LogP) is 5.91. The standard InChI is InChI=1S/C16H34/c1-8-10-11-13(3)12-14(4)15(5)16(6,7)9-2/h13-15H,8-12H2,1-7H3. The third-order valence-corrected chi connectivity index (χ3v) is 4.82. The Morgan fingerprint density at radius 2 is 1.56 bits per heavy atom. The average Bonchev–Trinajstić information content (AvgIpc) is 2.25. The van der Waals surface area contributed by atoms with Gasteiger partial charge in [-0.05, 0) is 29.6 Å². The van der Waals surface area contributed by atoms with Crippen LogP contribution in [-0.2, 0) is 0 Å². The van der Waals surface area contributed by atoms with E-state index < -0.39 is 0 Å². The molecule has 0 aromatic heterocycles. The highest BCUT2D eigenvalue weighted by molar-refractivity contribution is 4.78. The Balaban J connectivity index is 4.09. The van der Waals surface area contributed by atoms with Gasteiger partial charge < -0.3 is 0 Å². The van der Waals surface area contributed by atoms with Crippen molar-refractivity contribution < 1.29 is 0 Å². The Bertz CT molecular complexity index is 169. The van der Waals surface area contributed by atoms with Gasteiger partial charge in [0.15, 0.2) is 0 Å². The summed E-state index contributed by atoms with van der Waals surface area (Å²) in [7, 11) is 0. The minimum atomic E-state index is 0.504. The van der Waals surface area contributed by atoms with Crippen molar-refractivity contribution in [1.82, 2.24) is 0 Å². The molecule has 0 nitrogen and oxygen atoms in total. The van der Waals surface area contributed by atoms with E-state index >= 15 is 0 Å². The van der Waals surface area contributed by atoms with E-state index in [1.807, 2.05) is 0 Å². The van der Waals surface area contributed by atoms with Crippen LogP contribution in [0.4, 0.5) is 0 Å². The molecular formula is C16H34. The van der Waals surface area contributed by atoms with Crippen molar-refractivity contribution in [2.75, 3.05) is 0 Å². The Morgan fingerprint density at radius 1 is 1.00 bits per heavy atom. The quantitative estimate of drug-likeness (QED) is 0.482. The lowest BCUT2D eigenvalue weighted by molar-refractivity contribution is 0.140. The molecule has 0 saturated heterocycles. The van der Waals surface area contributed by atoms with E-state index in [4.69, 9.17) is 0 Å². The van der Waals surface area contributed by atoms with Crippen molar-refractivity contribution in [3.63, 3.8) is 0 Å². The van der Waals surface area contributed by atoms with Crippen LogP contribution in [0.5, 0.6) is 0 Å². The van der Waals surface area contributed by atoms with E-state index in [9.17, 15) is 0 Å². The largest absolute Gasteiger partial charge is 0.0654 e. The van der Waals surface area contributed by atoms with Crippen LogP contribution in [-0.4, -0.2) is 0 Å². The van der Waals surface area contributed by atoms with Crippen molar-refractivity contribution in [1.29, 1.82) is 0 Å². The van der Waals surface area contributed by atoms with Crippen LogP contribution in [0.15, 0.2) is 0 Å². The predicted molar refractivity (Wildman–Crippen MR) is 75.7 cm³/mol. The minimum absolute atomic E-state index is 0.504. The molecule has 0 fully saturated rings. The van der Waals surface area contributed by atoms with Gasteiger partial charge in [0.1, 0.15) is 0 Å². The van der Waals surface area contributed by atoms with Crippen molar-refractivity contribution in [2.45, 2.75) is 80.6 Å². The van der Waals surface area contributed by atoms with Crippen LogP contribution >= 0.6 is 0 Å². The molecule has 0 rings (SSSR count). The fourth-order valence-electron chi connectivity index (χ4n) is 2.60. The molecule has 3 atom stereocenters. The fourth-order valence-corrected chi connectivity index (χ4v) is 2.60. The number of rotatable bonds is 8. The average molecular weight is 226 g/mol. The molecule has 0 bridgehead atoms. The van der Waals surface area contributed by atoms with E-state index in [2.05, 4.69) is 48.5 Å². The molecule has 98 valence electrons. The summed E-state index contributed by atoms with van der Waals surface area (Å²) in [6.07, 6.45) is 6.86. The zero-order valence-corrected chi connectivity index (χ0v) is 12.8. The van der Waals surface area contributed by atoms with Crippen molar-refractivity contribution >= 4 is 0 Å². The number of hydrogen-bond donors (Lipinski definition) is 0. The number of hydrogen-bond acceptors (Lipinski definition) is 0. The van der Waals surface area contributed by atoms with Gasteiger partial charge in [0.2, 0.25) is 0 Å². The second kappa shape index (κ2) is 7.35. The van der Waals surface area contributed by atoms with Crippen LogP contribution < -0.4 is 0 Å². The van der Waals surface area contributed by atoms with Crippen LogP contribution in [0.25, 0.3) is 0 Å². The monoisotopic (exact) mass is 226 g/mol. The van der Waals surface area contributed by atoms with Gasteiger partial charge in [-0.3, -0.25) is 0 Å². The Kier molecular flexibility index (Phi) is 7.35. The van der Waals surface area contributed by atoms with Gasteiger partial charge in [-0.2, -0.15) is 0 Å². The lowest BCUT2D eigenvalue weighted by atomic mass is 9.70. The van der Waals surface area contributed by atoms with E-state index in [0.29, 0.717) is 5.41 Å². The summed E-state index contributed by atoms with van der Waals surface area (Å²) in [5, 5.41) is 0. The van der Waals surface area contributed by atoms with Gasteiger partial charge in [-0.15, -0.1) is 0 Å². The first-order valence-electron chi connectivity index (χ1n) is 7.35. The second-order valence-electron chi connectivity index (χ2n) is 6.59. The summed E-state index contributed by atoms with van der Waals surface area (Å²) in [4.78, 5) is 0. The Hall–Kier alpha value is 0. The van der Waals surface area contributed by atoms with Crippen LogP contribution in [0.3, 0.4) is 0 Å². The van der Waals surface area contributed by atoms with E-state index in [-0.39, 0.29) is 0 Å². The van der Waals surface area contributed by atoms with Crippen molar-refractivity contribution in [3.8, 4) is 0 Å². The van der Waals surface area contributed by atoms with Crippen molar-refractivity contribution in [3.05, 3.63) is 0 Å². The van der Waals surface area contributed by atoms with E-state index in [0.717, 1.165) is 17.8 Å². The maximum atomic E-state index is 2.45. The second-order valence-corrected chi connectivity index (χ2v) is 6.59. The smallest absolute Gasteiger partial charge is 0.0329 e. The SMILES string of the molecule is CCCCC(C)CC(C)C(C)C(C)(C)CC. The maximum absolute atomic E-state index is 2.45. The summed E-state index contributed by atoms with van der Waals surface area (Å²) in [5.74, 6) is 2.61. The first-order valence-corrected chi connectivity index (χ1v) is 7.35. The lowest BCUT2D eigenvalue weighted by Gasteiger charge is -2.36. The third kappa shape index (κ3) is 5.37. The minimum Gasteiger partial charge on any atom is -0.0654 e. The Labute approximate surface area is 104 Å². The number of unbranched alkanes of at least 4 members (excludes halogenated alkanes) is 1. The highest BCUT2D eigenvalue weighted by Gasteiger charge is 2.28. The molecule has 0 heteroatoms. The molecule has 0 heterocycles. The topological polar surface area (TPSA) is 0 Å². The molecule has 0 aliphatic rings. The van der Waals surface area contributed by atoms with E-state index in [1.165, 1.54) is 32.1 Å². The molecule has 0 radical (unpaired) electrons. The zero-order valence-electron chi connectivity index (χ0n) is 12.8. The van der Waals surface area contributed by atoms with Crippen LogP contribution in [0.2, 0.25) is 0 Å². The first kappa shape index (κ1) is 16.0. The van der Waals surface area contributed by atoms with Gasteiger partial charge in [-0.25, -0.2) is 0 Å². The third-order valence-electron chi connectivity index (χ3n) is 4.82. The fraction of sp³-hybridized carbons (Fsp3) is 1.00. The Morgan fingerprint density at radius 3 is 2.00 bits per heavy atom. The van der Waals surface area contributed by atoms with Gasteiger partial charge >= 0.3 is 0 Å². The summed E-state index contributed by atoms with van der Waals surface area (Å²) in [6.45, 7) is 16.8. The van der Waals surface area contributed by atoms with Crippen LogP contribution in [0.1, 0.15) is 80.6 Å². The lowest BCUT2D eigenvalue weighted by Crippen LogP contribution is -2.27. The molecule has 0 aliphatic heterocycles. The molecule has 0 aromatic carbocycles. The molecule has 0 spiro atoms. The highest BCUT2D eigenvalue weighted by Crippen LogP contribution is 2.38. The molecule has 0 aliphatic carbocycles. The van der Waals surface area contributed by atoms with Gasteiger partial charge in [-0.1, -0.05) is 74.1 Å². The van der Waals surface area contributed by atoms with E-state index in [1.54, 1.807) is 0 Å². The first-order chi connectivity index (χ1) is 7.35. The molecule has 3 unspecified atom stereocenters. The maximum Gasteiger partial charge on any atom is -0.0329 e. The van der Waals surface area contributed by atoms with Gasteiger partial charge in [0.25, 0.3) is 0 Å². The molecule has 0 aromatic rings. The molecule has 16 heavy (non-hydrogen) atoms. The summed E-state index contributed by atoms with van der Waals surface area (Å²) in [6, 6.07) is 0. The molecule has 0 N–H and O–H groups in total. The van der Waals surface area contributed by atoms with Crippen molar-refractivity contribution in [2.24, 2.45) is 23.2 Å². The molecular weight excluding hydrogens is 192 g/mol. The summed E-state index contributed by atoms with van der Waals surface area (Å²) >= 11 is 0. The normalized spacial score (nSPS) is 18.2. The highest BCUT2D eigenvalue weighted by atomic mass is 14.3. The van der Waals surface area contributed by atoms with Crippen LogP contribution in [0, 0.1) is 23.2 Å². The van der Waals surface area contributed by atoms with Gasteiger partial charge in [0.05, 0.1) is 0 Å². The zero-order chi connectivity index (χ0) is 12.8. The summed E-state index contributed by atoms with van der Waals surface area (Å²) < 4.78 is 0. The molecule has 0 amide bonds. The molecule has 0 saturated carbocycles.